The topological polar surface area (TPSA) is 23.5 Å². The molecule has 1 aliphatic heterocycles. The van der Waals surface area contributed by atoms with Crippen molar-refractivity contribution in [3.63, 3.8) is 0 Å². The number of piperidine rings is 1. The quantitative estimate of drug-likeness (QED) is 0.905. The second kappa shape index (κ2) is 4.53. The van der Waals surface area contributed by atoms with Gasteiger partial charge in [0.05, 0.1) is 9.39 Å². The first-order chi connectivity index (χ1) is 7.05. The summed E-state index contributed by atoms with van der Waals surface area (Å²) in [5, 5.41) is 12.0. The maximum Gasteiger partial charge on any atom is 0.0701 e. The Morgan fingerprint density at radius 2 is 2.20 bits per heavy atom. The molecular formula is C11H16BrNOS. The van der Waals surface area contributed by atoms with Crippen molar-refractivity contribution in [2.75, 3.05) is 13.1 Å². The zero-order valence-electron chi connectivity index (χ0n) is 8.87. The molecule has 0 amide bonds. The van der Waals surface area contributed by atoms with E-state index in [-0.39, 0.29) is 0 Å². The van der Waals surface area contributed by atoms with Crippen molar-refractivity contribution in [1.29, 1.82) is 0 Å². The van der Waals surface area contributed by atoms with Crippen molar-refractivity contribution in [1.82, 2.24) is 4.90 Å². The fraction of sp³-hybridized carbons (Fsp3) is 0.636. The number of rotatable bonds is 2. The molecule has 0 aromatic carbocycles. The summed E-state index contributed by atoms with van der Waals surface area (Å²) < 4.78 is 1.20. The first-order valence-electron chi connectivity index (χ1n) is 5.23. The van der Waals surface area contributed by atoms with Crippen LogP contribution in [0.25, 0.3) is 0 Å². The van der Waals surface area contributed by atoms with Crippen LogP contribution < -0.4 is 0 Å². The Balaban J connectivity index is 1.87. The molecule has 2 rings (SSSR count). The Hall–Kier alpha value is 0.100. The van der Waals surface area contributed by atoms with E-state index in [0.717, 1.165) is 32.5 Å². The lowest BCUT2D eigenvalue weighted by atomic mass is 9.94. The van der Waals surface area contributed by atoms with E-state index in [2.05, 4.69) is 32.3 Å². The summed E-state index contributed by atoms with van der Waals surface area (Å²) in [6, 6.07) is 2.18. The summed E-state index contributed by atoms with van der Waals surface area (Å²) in [4.78, 5) is 2.41. The SMILES string of the molecule is CC1(O)CCN(Cc2csc(Br)c2)CC1. The third-order valence-electron chi connectivity index (χ3n) is 2.96. The highest BCUT2D eigenvalue weighted by molar-refractivity contribution is 9.11. The van der Waals surface area contributed by atoms with E-state index < -0.39 is 5.60 Å². The number of nitrogens with zero attached hydrogens (tertiary/aromatic N) is 1. The Kier molecular flexibility index (Phi) is 3.50. The zero-order valence-corrected chi connectivity index (χ0v) is 11.3. The van der Waals surface area contributed by atoms with Crippen LogP contribution in [0.4, 0.5) is 0 Å². The molecule has 0 aliphatic carbocycles. The highest BCUT2D eigenvalue weighted by Crippen LogP contribution is 2.25. The molecule has 1 aliphatic rings. The van der Waals surface area contributed by atoms with E-state index in [9.17, 15) is 5.11 Å². The van der Waals surface area contributed by atoms with Gasteiger partial charge in [-0.15, -0.1) is 11.3 Å². The van der Waals surface area contributed by atoms with E-state index in [0.29, 0.717) is 0 Å². The van der Waals surface area contributed by atoms with Crippen LogP contribution in [-0.4, -0.2) is 28.7 Å². The molecule has 2 heterocycles. The molecule has 84 valence electrons. The molecule has 0 unspecified atom stereocenters. The minimum absolute atomic E-state index is 0.439. The molecule has 0 radical (unpaired) electrons. The van der Waals surface area contributed by atoms with Crippen LogP contribution in [0.3, 0.4) is 0 Å². The number of aliphatic hydroxyl groups is 1. The van der Waals surface area contributed by atoms with Gasteiger partial charge in [-0.25, -0.2) is 0 Å². The first-order valence-corrected chi connectivity index (χ1v) is 6.90. The molecule has 15 heavy (non-hydrogen) atoms. The number of thiophene rings is 1. The van der Waals surface area contributed by atoms with E-state index in [1.165, 1.54) is 9.35 Å². The minimum atomic E-state index is -0.439. The van der Waals surface area contributed by atoms with Gasteiger partial charge in [-0.05, 0) is 52.7 Å². The van der Waals surface area contributed by atoms with E-state index >= 15 is 0 Å². The molecular weight excluding hydrogens is 274 g/mol. The van der Waals surface area contributed by atoms with Gasteiger partial charge in [0, 0.05) is 19.6 Å². The monoisotopic (exact) mass is 289 g/mol. The van der Waals surface area contributed by atoms with Crippen LogP contribution in [0.2, 0.25) is 0 Å². The lowest BCUT2D eigenvalue weighted by Crippen LogP contribution is -2.41. The molecule has 1 fully saturated rings. The summed E-state index contributed by atoms with van der Waals surface area (Å²) in [6.45, 7) is 4.95. The fourth-order valence-electron chi connectivity index (χ4n) is 1.88. The summed E-state index contributed by atoms with van der Waals surface area (Å²) in [5.41, 5.74) is 0.930. The highest BCUT2D eigenvalue weighted by Gasteiger charge is 2.27. The lowest BCUT2D eigenvalue weighted by Gasteiger charge is -2.35. The van der Waals surface area contributed by atoms with Crippen LogP contribution in [0.1, 0.15) is 25.3 Å². The van der Waals surface area contributed by atoms with Crippen molar-refractivity contribution in [3.8, 4) is 0 Å². The van der Waals surface area contributed by atoms with Gasteiger partial charge in [-0.1, -0.05) is 0 Å². The molecule has 1 N–H and O–H groups in total. The van der Waals surface area contributed by atoms with Gasteiger partial charge in [0.2, 0.25) is 0 Å². The van der Waals surface area contributed by atoms with Gasteiger partial charge in [-0.3, -0.25) is 4.90 Å². The van der Waals surface area contributed by atoms with Crippen LogP contribution >= 0.6 is 27.3 Å². The third kappa shape index (κ3) is 3.28. The maximum atomic E-state index is 9.83. The molecule has 0 atom stereocenters. The molecule has 4 heteroatoms. The standard InChI is InChI=1S/C11H16BrNOS/c1-11(14)2-4-13(5-3-11)7-9-6-10(12)15-8-9/h6,8,14H,2-5,7H2,1H3. The van der Waals surface area contributed by atoms with Crippen molar-refractivity contribution in [2.24, 2.45) is 0 Å². The van der Waals surface area contributed by atoms with Gasteiger partial charge in [-0.2, -0.15) is 0 Å². The van der Waals surface area contributed by atoms with E-state index in [1.54, 1.807) is 11.3 Å². The highest BCUT2D eigenvalue weighted by atomic mass is 79.9. The Morgan fingerprint density at radius 1 is 1.53 bits per heavy atom. The smallest absolute Gasteiger partial charge is 0.0701 e. The second-order valence-corrected chi connectivity index (χ2v) is 6.82. The van der Waals surface area contributed by atoms with Crippen molar-refractivity contribution < 1.29 is 5.11 Å². The molecule has 0 saturated carbocycles. The molecule has 0 bridgehead atoms. The largest absolute Gasteiger partial charge is 0.390 e. The summed E-state index contributed by atoms with van der Waals surface area (Å²) in [7, 11) is 0. The minimum Gasteiger partial charge on any atom is -0.390 e. The number of halogens is 1. The van der Waals surface area contributed by atoms with Gasteiger partial charge < -0.3 is 5.11 Å². The molecule has 1 aromatic rings. The Labute approximate surface area is 103 Å². The van der Waals surface area contributed by atoms with E-state index in [4.69, 9.17) is 0 Å². The predicted octanol–water partition coefficient (Wildman–Crippen LogP) is 2.86. The van der Waals surface area contributed by atoms with Gasteiger partial charge in [0.25, 0.3) is 0 Å². The number of likely N-dealkylation sites (tertiary alicyclic amines) is 1. The normalized spacial score (nSPS) is 21.8. The van der Waals surface area contributed by atoms with Crippen molar-refractivity contribution >= 4 is 27.3 Å². The van der Waals surface area contributed by atoms with Gasteiger partial charge in [0.1, 0.15) is 0 Å². The van der Waals surface area contributed by atoms with E-state index in [1.807, 2.05) is 6.92 Å². The Morgan fingerprint density at radius 3 is 2.73 bits per heavy atom. The predicted molar refractivity (Wildman–Crippen MR) is 67.2 cm³/mol. The molecule has 1 saturated heterocycles. The summed E-state index contributed by atoms with van der Waals surface area (Å²) in [5.74, 6) is 0. The summed E-state index contributed by atoms with van der Waals surface area (Å²) in [6.07, 6.45) is 1.77. The van der Waals surface area contributed by atoms with Crippen LogP contribution in [0.5, 0.6) is 0 Å². The first kappa shape index (κ1) is 11.6. The second-order valence-electron chi connectivity index (χ2n) is 4.53. The molecule has 1 aromatic heterocycles. The average Bonchev–Trinajstić information content (AvgIpc) is 2.55. The zero-order chi connectivity index (χ0) is 10.9. The van der Waals surface area contributed by atoms with Crippen molar-refractivity contribution in [2.45, 2.75) is 31.9 Å². The maximum absolute atomic E-state index is 9.83. The van der Waals surface area contributed by atoms with Crippen LogP contribution in [0, 0.1) is 0 Å². The van der Waals surface area contributed by atoms with Gasteiger partial charge in [0.15, 0.2) is 0 Å². The van der Waals surface area contributed by atoms with Crippen LogP contribution in [-0.2, 0) is 6.54 Å². The number of hydrogen-bond acceptors (Lipinski definition) is 3. The van der Waals surface area contributed by atoms with Crippen molar-refractivity contribution in [3.05, 3.63) is 20.8 Å². The third-order valence-corrected chi connectivity index (χ3v) is 4.51. The summed E-state index contributed by atoms with van der Waals surface area (Å²) >= 11 is 5.21. The Bertz CT molecular complexity index is 327. The van der Waals surface area contributed by atoms with Crippen LogP contribution in [0.15, 0.2) is 15.2 Å². The lowest BCUT2D eigenvalue weighted by molar-refractivity contribution is -0.00727. The van der Waals surface area contributed by atoms with Gasteiger partial charge >= 0.3 is 0 Å². The number of hydrogen-bond donors (Lipinski definition) is 1. The fourth-order valence-corrected chi connectivity index (χ4v) is 3.08. The molecule has 2 nitrogen and oxygen atoms in total. The average molecular weight is 290 g/mol. The molecule has 0 spiro atoms.